The lowest BCUT2D eigenvalue weighted by Crippen LogP contribution is -2.01. The van der Waals surface area contributed by atoms with E-state index in [4.69, 9.17) is 23.8 Å². The minimum atomic E-state index is 0.552. The van der Waals surface area contributed by atoms with E-state index >= 15 is 0 Å². The van der Waals surface area contributed by atoms with Crippen molar-refractivity contribution in [2.45, 2.75) is 0 Å². The number of para-hydroxylation sites is 2. The molecule has 0 amide bonds. The van der Waals surface area contributed by atoms with Gasteiger partial charge in [-0.25, -0.2) is 15.0 Å². The van der Waals surface area contributed by atoms with Crippen LogP contribution in [0.15, 0.2) is 185 Å². The second-order valence-corrected chi connectivity index (χ2v) is 14.3. The van der Waals surface area contributed by atoms with Crippen LogP contribution in [0.3, 0.4) is 0 Å². The van der Waals surface area contributed by atoms with Gasteiger partial charge in [-0.15, -0.1) is 0 Å². The molecule has 12 rings (SSSR count). The summed E-state index contributed by atoms with van der Waals surface area (Å²) in [6, 6.07) is 60.9. The van der Waals surface area contributed by atoms with Crippen molar-refractivity contribution in [3.05, 3.63) is 176 Å². The first-order valence-corrected chi connectivity index (χ1v) is 18.8. The van der Waals surface area contributed by atoms with Gasteiger partial charge in [0.15, 0.2) is 17.5 Å². The molecule has 0 unspecified atom stereocenters. The number of fused-ring (bicyclic) bond motifs is 11. The van der Waals surface area contributed by atoms with Gasteiger partial charge in [0.05, 0.1) is 5.56 Å². The zero-order valence-corrected chi connectivity index (χ0v) is 29.9. The second-order valence-electron chi connectivity index (χ2n) is 14.3. The highest BCUT2D eigenvalue weighted by Gasteiger charge is 2.22. The van der Waals surface area contributed by atoms with Crippen molar-refractivity contribution in [2.75, 3.05) is 0 Å². The van der Waals surface area contributed by atoms with Gasteiger partial charge in [-0.05, 0) is 73.8 Å². The Kier molecular flexibility index (Phi) is 6.56. The Morgan fingerprint density at radius 1 is 0.304 bits per heavy atom. The fourth-order valence-corrected chi connectivity index (χ4v) is 8.54. The first-order valence-electron chi connectivity index (χ1n) is 18.8. The Hall–Kier alpha value is -7.63. The predicted molar refractivity (Wildman–Crippen MR) is 229 cm³/mol. The highest BCUT2D eigenvalue weighted by Crippen LogP contribution is 2.42. The molecule has 0 saturated carbocycles. The highest BCUT2D eigenvalue weighted by molar-refractivity contribution is 6.22. The van der Waals surface area contributed by atoms with Crippen LogP contribution in [0.5, 0.6) is 0 Å². The van der Waals surface area contributed by atoms with E-state index in [1.807, 2.05) is 30.3 Å². The monoisotopic (exact) mass is 715 g/mol. The zero-order valence-electron chi connectivity index (χ0n) is 29.9. The number of hydrogen-bond acceptors (Lipinski definition) is 5. The van der Waals surface area contributed by atoms with Crippen LogP contribution in [0.2, 0.25) is 0 Å². The topological polar surface area (TPSA) is 65.0 Å². The molecule has 260 valence electrons. The molecule has 9 aromatic carbocycles. The average molecular weight is 716 g/mol. The maximum absolute atomic E-state index is 6.68. The maximum Gasteiger partial charge on any atom is 0.167 e. The lowest BCUT2D eigenvalue weighted by molar-refractivity contribution is 0.669. The Bertz CT molecular complexity index is 3540. The minimum absolute atomic E-state index is 0.552. The fraction of sp³-hybridized carbons (Fsp3) is 0. The van der Waals surface area contributed by atoms with Gasteiger partial charge >= 0.3 is 0 Å². The molecule has 0 aliphatic heterocycles. The van der Waals surface area contributed by atoms with Gasteiger partial charge in [0, 0.05) is 32.7 Å². The van der Waals surface area contributed by atoms with Crippen molar-refractivity contribution in [1.29, 1.82) is 0 Å². The van der Waals surface area contributed by atoms with Crippen LogP contribution in [-0.4, -0.2) is 15.0 Å². The normalized spacial score (nSPS) is 11.9. The summed E-state index contributed by atoms with van der Waals surface area (Å²) in [5, 5.41) is 11.1. The molecule has 3 aromatic heterocycles. The Balaban J connectivity index is 1.11. The van der Waals surface area contributed by atoms with Crippen molar-refractivity contribution >= 4 is 76.2 Å². The van der Waals surface area contributed by atoms with Gasteiger partial charge < -0.3 is 8.83 Å². The van der Waals surface area contributed by atoms with E-state index in [-0.39, 0.29) is 0 Å². The number of furan rings is 2. The van der Waals surface area contributed by atoms with Crippen molar-refractivity contribution in [2.24, 2.45) is 0 Å². The number of aromatic nitrogens is 3. The van der Waals surface area contributed by atoms with Gasteiger partial charge in [0.2, 0.25) is 0 Å². The molecule has 0 bridgehead atoms. The minimum Gasteiger partial charge on any atom is -0.456 e. The van der Waals surface area contributed by atoms with Crippen molar-refractivity contribution in [1.82, 2.24) is 15.0 Å². The van der Waals surface area contributed by atoms with Gasteiger partial charge in [0.25, 0.3) is 0 Å². The van der Waals surface area contributed by atoms with E-state index < -0.39 is 0 Å². The first kappa shape index (κ1) is 30.8. The highest BCUT2D eigenvalue weighted by atomic mass is 16.3. The van der Waals surface area contributed by atoms with Gasteiger partial charge in [0.1, 0.15) is 22.3 Å². The first-order chi connectivity index (χ1) is 27.7. The molecular formula is C51H29N3O2. The predicted octanol–water partition coefficient (Wildman–Crippen LogP) is 13.8. The summed E-state index contributed by atoms with van der Waals surface area (Å²) >= 11 is 0. The van der Waals surface area contributed by atoms with Crippen LogP contribution < -0.4 is 0 Å². The third-order valence-corrected chi connectivity index (χ3v) is 11.1. The molecule has 0 N–H and O–H groups in total. The molecule has 5 heteroatoms. The largest absolute Gasteiger partial charge is 0.456 e. The van der Waals surface area contributed by atoms with Gasteiger partial charge in [-0.2, -0.15) is 0 Å². The number of nitrogens with zero attached hydrogens (tertiary/aromatic N) is 3. The Morgan fingerprint density at radius 3 is 1.59 bits per heavy atom. The molecule has 56 heavy (non-hydrogen) atoms. The van der Waals surface area contributed by atoms with E-state index in [1.165, 1.54) is 5.39 Å². The summed E-state index contributed by atoms with van der Waals surface area (Å²) in [7, 11) is 0. The SMILES string of the molecule is c1ccc2c(c1)cc(-c1nc(-c3ccc(-c4cccc5oc6ccccc6c45)cc3)nc(-c3cc4ccccc4c4c3oc3ccccc34)n1)c1ccccc12. The summed E-state index contributed by atoms with van der Waals surface area (Å²) in [5.41, 5.74) is 8.18. The van der Waals surface area contributed by atoms with Crippen molar-refractivity contribution < 1.29 is 8.83 Å². The molecule has 0 radical (unpaired) electrons. The Morgan fingerprint density at radius 2 is 0.821 bits per heavy atom. The van der Waals surface area contributed by atoms with Crippen LogP contribution in [0, 0.1) is 0 Å². The molecule has 0 saturated heterocycles. The molecule has 0 fully saturated rings. The third kappa shape index (κ3) is 4.64. The van der Waals surface area contributed by atoms with Crippen LogP contribution >= 0.6 is 0 Å². The van der Waals surface area contributed by atoms with Crippen LogP contribution in [-0.2, 0) is 0 Å². The van der Waals surface area contributed by atoms with Crippen molar-refractivity contribution in [3.8, 4) is 45.3 Å². The quantitative estimate of drug-likeness (QED) is 0.170. The van der Waals surface area contributed by atoms with E-state index in [0.717, 1.165) is 98.6 Å². The lowest BCUT2D eigenvalue weighted by atomic mass is 9.96. The van der Waals surface area contributed by atoms with Crippen molar-refractivity contribution in [3.63, 3.8) is 0 Å². The summed E-state index contributed by atoms with van der Waals surface area (Å²) in [4.78, 5) is 15.8. The lowest BCUT2D eigenvalue weighted by Gasteiger charge is -2.13. The van der Waals surface area contributed by atoms with Crippen LogP contribution in [0.4, 0.5) is 0 Å². The van der Waals surface area contributed by atoms with Crippen LogP contribution in [0.25, 0.3) is 121 Å². The smallest absolute Gasteiger partial charge is 0.167 e. The summed E-state index contributed by atoms with van der Waals surface area (Å²) in [6.07, 6.45) is 0. The molecule has 5 nitrogen and oxygen atoms in total. The fourth-order valence-electron chi connectivity index (χ4n) is 8.54. The number of benzene rings is 9. The molecular weight excluding hydrogens is 687 g/mol. The standard InChI is InChI=1S/C51H29N3O2/c1-3-14-34-32(12-1)28-41(38-17-6-5-16-37(34)38)50-52-49(31-26-24-30(25-27-31)35-20-11-23-45-46(35)39-18-7-9-21-43(39)55-45)53-51(54-50)42-29-33-13-2-4-15-36(33)47-40-19-8-10-22-44(40)56-48(42)47/h1-29H. The molecule has 12 aromatic rings. The van der Waals surface area contributed by atoms with Crippen LogP contribution in [0.1, 0.15) is 0 Å². The second kappa shape index (κ2) is 11.9. The molecule has 0 atom stereocenters. The molecule has 0 aliphatic carbocycles. The van der Waals surface area contributed by atoms with E-state index in [2.05, 4.69) is 146 Å². The summed E-state index contributed by atoms with van der Waals surface area (Å²) in [5.74, 6) is 1.73. The average Bonchev–Trinajstić information content (AvgIpc) is 3.85. The van der Waals surface area contributed by atoms with E-state index in [9.17, 15) is 0 Å². The Labute approximate surface area is 320 Å². The zero-order chi connectivity index (χ0) is 36.7. The van der Waals surface area contributed by atoms with E-state index in [1.54, 1.807) is 0 Å². The van der Waals surface area contributed by atoms with Gasteiger partial charge in [-0.3, -0.25) is 0 Å². The van der Waals surface area contributed by atoms with E-state index in [0.29, 0.717) is 17.5 Å². The number of rotatable bonds is 4. The summed E-state index contributed by atoms with van der Waals surface area (Å²) in [6.45, 7) is 0. The molecule has 0 aliphatic rings. The number of hydrogen-bond donors (Lipinski definition) is 0. The summed E-state index contributed by atoms with van der Waals surface area (Å²) < 4.78 is 12.9. The maximum atomic E-state index is 6.68. The molecule has 3 heterocycles. The molecule has 0 spiro atoms. The van der Waals surface area contributed by atoms with Gasteiger partial charge in [-0.1, -0.05) is 146 Å². The third-order valence-electron chi connectivity index (χ3n) is 11.1.